The van der Waals surface area contributed by atoms with Gasteiger partial charge in [0.05, 0.1) is 6.04 Å². The molecule has 1 fully saturated rings. The number of halogens is 1. The van der Waals surface area contributed by atoms with E-state index >= 15 is 0 Å². The second kappa shape index (κ2) is 6.94. The third-order valence-corrected chi connectivity index (χ3v) is 7.15. The lowest BCUT2D eigenvalue weighted by Crippen LogP contribution is -2.51. The summed E-state index contributed by atoms with van der Waals surface area (Å²) in [6.45, 7) is 8.01. The number of hydrogen-bond donors (Lipinski definition) is 1. The van der Waals surface area contributed by atoms with Crippen molar-refractivity contribution in [2.75, 3.05) is 12.3 Å². The molecule has 0 amide bonds. The molecule has 1 aliphatic rings. The van der Waals surface area contributed by atoms with Gasteiger partial charge >= 0.3 is 0 Å². The SMILES string of the molecule is CCC(N)C(c1cc(Br)cs1)N1CCSC(C)C1C. The van der Waals surface area contributed by atoms with Crippen molar-refractivity contribution in [3.8, 4) is 0 Å². The van der Waals surface area contributed by atoms with Crippen molar-refractivity contribution in [3.05, 3.63) is 20.8 Å². The summed E-state index contributed by atoms with van der Waals surface area (Å²) in [7, 11) is 0. The lowest BCUT2D eigenvalue weighted by atomic mass is 10.00. The summed E-state index contributed by atoms with van der Waals surface area (Å²) in [5.74, 6) is 1.21. The van der Waals surface area contributed by atoms with E-state index in [1.807, 2.05) is 11.3 Å². The largest absolute Gasteiger partial charge is 0.326 e. The second-order valence-corrected chi connectivity index (χ2v) is 8.58. The van der Waals surface area contributed by atoms with E-state index in [1.54, 1.807) is 0 Å². The van der Waals surface area contributed by atoms with E-state index in [4.69, 9.17) is 5.73 Å². The average molecular weight is 363 g/mol. The van der Waals surface area contributed by atoms with Crippen LogP contribution in [0, 0.1) is 0 Å². The van der Waals surface area contributed by atoms with Gasteiger partial charge in [0.2, 0.25) is 0 Å². The first-order valence-electron chi connectivity index (χ1n) is 6.91. The number of rotatable bonds is 4. The van der Waals surface area contributed by atoms with E-state index in [0.29, 0.717) is 17.3 Å². The molecule has 0 aromatic carbocycles. The number of nitrogens with zero attached hydrogens (tertiary/aromatic N) is 1. The quantitative estimate of drug-likeness (QED) is 0.873. The van der Waals surface area contributed by atoms with Gasteiger partial charge in [-0.1, -0.05) is 13.8 Å². The molecular weight excluding hydrogens is 340 g/mol. The highest BCUT2D eigenvalue weighted by atomic mass is 79.9. The molecule has 2 N–H and O–H groups in total. The van der Waals surface area contributed by atoms with Gasteiger partial charge in [-0.15, -0.1) is 11.3 Å². The Bertz CT molecular complexity index is 410. The summed E-state index contributed by atoms with van der Waals surface area (Å²) < 4.78 is 1.17. The zero-order chi connectivity index (χ0) is 14.0. The van der Waals surface area contributed by atoms with Crippen molar-refractivity contribution in [1.82, 2.24) is 4.90 Å². The summed E-state index contributed by atoms with van der Waals surface area (Å²) >= 11 is 7.47. The zero-order valence-corrected chi connectivity index (χ0v) is 15.0. The van der Waals surface area contributed by atoms with E-state index in [0.717, 1.165) is 13.0 Å². The van der Waals surface area contributed by atoms with Crippen molar-refractivity contribution >= 4 is 39.0 Å². The Morgan fingerprint density at radius 2 is 2.26 bits per heavy atom. The highest BCUT2D eigenvalue weighted by molar-refractivity contribution is 9.10. The van der Waals surface area contributed by atoms with Crippen molar-refractivity contribution in [1.29, 1.82) is 0 Å². The van der Waals surface area contributed by atoms with Gasteiger partial charge in [0, 0.05) is 44.4 Å². The van der Waals surface area contributed by atoms with Crippen LogP contribution in [0.25, 0.3) is 0 Å². The third kappa shape index (κ3) is 3.56. The summed E-state index contributed by atoms with van der Waals surface area (Å²) in [4.78, 5) is 4.01. The third-order valence-electron chi connectivity index (χ3n) is 4.05. The highest BCUT2D eigenvalue weighted by Gasteiger charge is 2.34. The van der Waals surface area contributed by atoms with Crippen LogP contribution >= 0.6 is 39.0 Å². The minimum atomic E-state index is 0.211. The first-order valence-corrected chi connectivity index (χ1v) is 9.63. The molecule has 0 aliphatic carbocycles. The van der Waals surface area contributed by atoms with Crippen LogP contribution in [0.2, 0.25) is 0 Å². The minimum Gasteiger partial charge on any atom is -0.326 e. The molecule has 1 aromatic heterocycles. The molecule has 0 saturated carbocycles. The molecule has 0 radical (unpaired) electrons. The maximum absolute atomic E-state index is 6.44. The molecule has 108 valence electrons. The molecule has 2 heterocycles. The van der Waals surface area contributed by atoms with Crippen LogP contribution in [0.3, 0.4) is 0 Å². The van der Waals surface area contributed by atoms with Gasteiger partial charge in [0.1, 0.15) is 0 Å². The predicted molar refractivity (Wildman–Crippen MR) is 91.1 cm³/mol. The molecule has 0 bridgehead atoms. The van der Waals surface area contributed by atoms with Crippen LogP contribution in [-0.4, -0.2) is 34.5 Å². The molecular formula is C14H23BrN2S2. The molecule has 5 heteroatoms. The van der Waals surface area contributed by atoms with Gasteiger partial charge in [0.25, 0.3) is 0 Å². The average Bonchev–Trinajstić information content (AvgIpc) is 2.81. The molecule has 4 atom stereocenters. The van der Waals surface area contributed by atoms with Crippen molar-refractivity contribution in [2.45, 2.75) is 50.6 Å². The van der Waals surface area contributed by atoms with Crippen LogP contribution in [0.15, 0.2) is 15.9 Å². The maximum atomic E-state index is 6.44. The Morgan fingerprint density at radius 1 is 1.53 bits per heavy atom. The topological polar surface area (TPSA) is 29.3 Å². The fourth-order valence-corrected chi connectivity index (χ4v) is 5.44. The van der Waals surface area contributed by atoms with Gasteiger partial charge in [-0.25, -0.2) is 0 Å². The highest BCUT2D eigenvalue weighted by Crippen LogP contribution is 2.37. The molecule has 4 unspecified atom stereocenters. The maximum Gasteiger partial charge on any atom is 0.0596 e. The fourth-order valence-electron chi connectivity index (χ4n) is 2.68. The smallest absolute Gasteiger partial charge is 0.0596 e. The molecule has 19 heavy (non-hydrogen) atoms. The molecule has 1 aliphatic heterocycles. The van der Waals surface area contributed by atoms with Gasteiger partial charge in [-0.2, -0.15) is 11.8 Å². The van der Waals surface area contributed by atoms with E-state index in [9.17, 15) is 0 Å². The van der Waals surface area contributed by atoms with Gasteiger partial charge in [-0.3, -0.25) is 4.90 Å². The summed E-state index contributed by atoms with van der Waals surface area (Å²) in [5.41, 5.74) is 6.44. The lowest BCUT2D eigenvalue weighted by molar-refractivity contribution is 0.127. The van der Waals surface area contributed by atoms with Crippen LogP contribution in [-0.2, 0) is 0 Å². The first-order chi connectivity index (χ1) is 9.04. The van der Waals surface area contributed by atoms with E-state index < -0.39 is 0 Å². The number of nitrogens with two attached hydrogens (primary N) is 1. The Kier molecular flexibility index (Phi) is 5.78. The van der Waals surface area contributed by atoms with Crippen LogP contribution in [0.4, 0.5) is 0 Å². The lowest BCUT2D eigenvalue weighted by Gasteiger charge is -2.44. The molecule has 2 rings (SSSR count). The molecule has 1 saturated heterocycles. The number of hydrogen-bond acceptors (Lipinski definition) is 4. The minimum absolute atomic E-state index is 0.211. The summed E-state index contributed by atoms with van der Waals surface area (Å²) in [5, 5.41) is 2.85. The zero-order valence-electron chi connectivity index (χ0n) is 11.8. The Hall–Kier alpha value is 0.450. The Labute approximate surface area is 133 Å². The molecule has 2 nitrogen and oxygen atoms in total. The Morgan fingerprint density at radius 3 is 2.84 bits per heavy atom. The first kappa shape index (κ1) is 15.8. The Balaban J connectivity index is 2.27. The molecule has 1 aromatic rings. The number of thiophene rings is 1. The summed E-state index contributed by atoms with van der Waals surface area (Å²) in [6, 6.07) is 3.40. The van der Waals surface area contributed by atoms with E-state index in [1.165, 1.54) is 15.1 Å². The summed E-state index contributed by atoms with van der Waals surface area (Å²) in [6.07, 6.45) is 1.02. The van der Waals surface area contributed by atoms with E-state index in [2.05, 4.69) is 64.8 Å². The van der Waals surface area contributed by atoms with Gasteiger partial charge < -0.3 is 5.73 Å². The standard InChI is InChI=1S/C14H23BrN2S2/c1-4-12(16)14(13-7-11(15)8-19-13)17-5-6-18-10(3)9(17)2/h7-10,12,14H,4-6,16H2,1-3H3. The normalized spacial score (nSPS) is 28.3. The van der Waals surface area contributed by atoms with Gasteiger partial charge in [0.15, 0.2) is 0 Å². The van der Waals surface area contributed by atoms with Crippen molar-refractivity contribution in [2.24, 2.45) is 5.73 Å². The van der Waals surface area contributed by atoms with Crippen LogP contribution < -0.4 is 5.73 Å². The van der Waals surface area contributed by atoms with Crippen LogP contribution in [0.1, 0.15) is 38.1 Å². The number of thioether (sulfide) groups is 1. The fraction of sp³-hybridized carbons (Fsp3) is 0.714. The second-order valence-electron chi connectivity index (χ2n) is 5.24. The van der Waals surface area contributed by atoms with Crippen molar-refractivity contribution in [3.63, 3.8) is 0 Å². The van der Waals surface area contributed by atoms with Crippen molar-refractivity contribution < 1.29 is 0 Å². The van der Waals surface area contributed by atoms with Gasteiger partial charge in [-0.05, 0) is 35.3 Å². The van der Waals surface area contributed by atoms with E-state index in [-0.39, 0.29) is 6.04 Å². The monoisotopic (exact) mass is 362 g/mol. The van der Waals surface area contributed by atoms with Crippen LogP contribution in [0.5, 0.6) is 0 Å². The predicted octanol–water partition coefficient (Wildman–Crippen LogP) is 4.11. The molecule has 0 spiro atoms.